The predicted molar refractivity (Wildman–Crippen MR) is 86.7 cm³/mol. The number of amides is 2. The first-order valence-corrected chi connectivity index (χ1v) is 7.00. The first kappa shape index (κ1) is 16.8. The summed E-state index contributed by atoms with van der Waals surface area (Å²) in [5.41, 5.74) is 0.472. The molecule has 2 rings (SSSR count). The van der Waals surface area contributed by atoms with Crippen molar-refractivity contribution in [1.29, 1.82) is 0 Å². The second-order valence-electron chi connectivity index (χ2n) is 4.67. The Morgan fingerprint density at radius 2 is 1.87 bits per heavy atom. The Hall–Kier alpha value is -2.60. The molecule has 7 heteroatoms. The summed E-state index contributed by atoms with van der Waals surface area (Å²) in [4.78, 5) is 23.4. The number of methoxy groups -OCH3 is 1. The first-order valence-electron chi connectivity index (χ1n) is 6.62. The molecule has 0 heterocycles. The molecule has 0 spiro atoms. The van der Waals surface area contributed by atoms with E-state index in [0.29, 0.717) is 16.5 Å². The standard InChI is InChI=1S/C16H14ClFN2O3/c1-9(21)19-11-4-5-13(18)14(8-11)20-16(22)12-7-10(17)3-6-15(12)23-2/h3-8H,1-2H3,(H,19,21)(H,20,22). The van der Waals surface area contributed by atoms with Crippen molar-refractivity contribution in [3.05, 3.63) is 52.8 Å². The molecule has 0 atom stereocenters. The zero-order valence-electron chi connectivity index (χ0n) is 12.4. The molecule has 2 aromatic rings. The SMILES string of the molecule is COc1ccc(Cl)cc1C(=O)Nc1cc(NC(C)=O)ccc1F. The molecule has 0 unspecified atom stereocenters. The molecule has 23 heavy (non-hydrogen) atoms. The van der Waals surface area contributed by atoms with Gasteiger partial charge in [-0.25, -0.2) is 4.39 Å². The number of anilines is 2. The van der Waals surface area contributed by atoms with Gasteiger partial charge >= 0.3 is 0 Å². The molecule has 0 bridgehead atoms. The fraction of sp³-hybridized carbons (Fsp3) is 0.125. The number of carbonyl (C=O) groups excluding carboxylic acids is 2. The van der Waals surface area contributed by atoms with Crippen LogP contribution >= 0.6 is 11.6 Å². The smallest absolute Gasteiger partial charge is 0.259 e. The first-order chi connectivity index (χ1) is 10.9. The highest BCUT2D eigenvalue weighted by Gasteiger charge is 2.15. The minimum absolute atomic E-state index is 0.0664. The molecule has 0 aromatic heterocycles. The van der Waals surface area contributed by atoms with Gasteiger partial charge in [0.1, 0.15) is 11.6 Å². The van der Waals surface area contributed by atoms with E-state index in [1.165, 1.54) is 32.2 Å². The Morgan fingerprint density at radius 1 is 1.13 bits per heavy atom. The van der Waals surface area contributed by atoms with E-state index in [4.69, 9.17) is 16.3 Å². The van der Waals surface area contributed by atoms with Gasteiger partial charge in [-0.15, -0.1) is 0 Å². The van der Waals surface area contributed by atoms with Crippen LogP contribution in [0.15, 0.2) is 36.4 Å². The summed E-state index contributed by atoms with van der Waals surface area (Å²) in [7, 11) is 1.41. The average Bonchev–Trinajstić information content (AvgIpc) is 2.50. The molecule has 0 fully saturated rings. The maximum Gasteiger partial charge on any atom is 0.259 e. The van der Waals surface area contributed by atoms with Gasteiger partial charge in [-0.3, -0.25) is 9.59 Å². The lowest BCUT2D eigenvalue weighted by atomic mass is 10.1. The summed E-state index contributed by atoms with van der Waals surface area (Å²) in [6.45, 7) is 1.33. The van der Waals surface area contributed by atoms with E-state index in [9.17, 15) is 14.0 Å². The number of benzene rings is 2. The number of carbonyl (C=O) groups is 2. The van der Waals surface area contributed by atoms with Crippen LogP contribution in [0.4, 0.5) is 15.8 Å². The molecule has 5 nitrogen and oxygen atoms in total. The van der Waals surface area contributed by atoms with E-state index in [-0.39, 0.29) is 17.2 Å². The molecule has 0 aliphatic heterocycles. The molecular formula is C16H14ClFN2O3. The second-order valence-corrected chi connectivity index (χ2v) is 5.11. The highest BCUT2D eigenvalue weighted by molar-refractivity contribution is 6.31. The fourth-order valence-electron chi connectivity index (χ4n) is 1.95. The predicted octanol–water partition coefficient (Wildman–Crippen LogP) is 3.70. The maximum atomic E-state index is 13.9. The number of rotatable bonds is 4. The molecule has 0 saturated heterocycles. The lowest BCUT2D eigenvalue weighted by molar-refractivity contribution is -0.114. The Balaban J connectivity index is 2.30. The van der Waals surface area contributed by atoms with E-state index in [0.717, 1.165) is 6.07 Å². The van der Waals surface area contributed by atoms with E-state index < -0.39 is 11.7 Å². The second kappa shape index (κ2) is 7.11. The monoisotopic (exact) mass is 336 g/mol. The number of nitrogens with one attached hydrogen (secondary N) is 2. The highest BCUT2D eigenvalue weighted by atomic mass is 35.5. The van der Waals surface area contributed by atoms with Crippen LogP contribution in [0.5, 0.6) is 5.75 Å². The van der Waals surface area contributed by atoms with Crippen molar-refractivity contribution in [2.45, 2.75) is 6.92 Å². The molecule has 0 radical (unpaired) electrons. The van der Waals surface area contributed by atoms with Gasteiger partial charge in [-0.1, -0.05) is 11.6 Å². The Labute approximate surface area is 137 Å². The van der Waals surface area contributed by atoms with Crippen molar-refractivity contribution in [2.75, 3.05) is 17.7 Å². The summed E-state index contributed by atoms with van der Waals surface area (Å²) in [5, 5.41) is 5.30. The molecular weight excluding hydrogens is 323 g/mol. The maximum absolute atomic E-state index is 13.9. The minimum Gasteiger partial charge on any atom is -0.496 e. The van der Waals surface area contributed by atoms with Gasteiger partial charge in [0, 0.05) is 17.6 Å². The molecule has 0 saturated carbocycles. The van der Waals surface area contributed by atoms with Gasteiger partial charge in [-0.05, 0) is 36.4 Å². The third-order valence-electron chi connectivity index (χ3n) is 2.94. The number of ether oxygens (including phenoxy) is 1. The largest absolute Gasteiger partial charge is 0.496 e. The summed E-state index contributed by atoms with van der Waals surface area (Å²) in [6.07, 6.45) is 0. The van der Waals surface area contributed by atoms with Crippen molar-refractivity contribution in [3.8, 4) is 5.75 Å². The van der Waals surface area contributed by atoms with Gasteiger partial charge in [0.25, 0.3) is 5.91 Å². The van der Waals surface area contributed by atoms with Gasteiger partial charge in [-0.2, -0.15) is 0 Å². The van der Waals surface area contributed by atoms with Crippen LogP contribution in [-0.2, 0) is 4.79 Å². The van der Waals surface area contributed by atoms with Crippen molar-refractivity contribution in [2.24, 2.45) is 0 Å². The zero-order chi connectivity index (χ0) is 17.0. The van der Waals surface area contributed by atoms with Crippen LogP contribution in [0.1, 0.15) is 17.3 Å². The molecule has 0 aliphatic rings. The van der Waals surface area contributed by atoms with E-state index in [1.54, 1.807) is 12.1 Å². The summed E-state index contributed by atoms with van der Waals surface area (Å²) in [6, 6.07) is 8.41. The molecule has 2 N–H and O–H groups in total. The van der Waals surface area contributed by atoms with Crippen LogP contribution in [-0.4, -0.2) is 18.9 Å². The molecule has 120 valence electrons. The fourth-order valence-corrected chi connectivity index (χ4v) is 2.12. The van der Waals surface area contributed by atoms with Crippen molar-refractivity contribution < 1.29 is 18.7 Å². The normalized spacial score (nSPS) is 10.1. The van der Waals surface area contributed by atoms with Gasteiger partial charge in [0.15, 0.2) is 0 Å². The van der Waals surface area contributed by atoms with Crippen molar-refractivity contribution in [3.63, 3.8) is 0 Å². The lowest BCUT2D eigenvalue weighted by Gasteiger charge is -2.11. The van der Waals surface area contributed by atoms with Crippen molar-refractivity contribution in [1.82, 2.24) is 0 Å². The van der Waals surface area contributed by atoms with Crippen LogP contribution in [0.2, 0.25) is 5.02 Å². The highest BCUT2D eigenvalue weighted by Crippen LogP contribution is 2.25. The molecule has 0 aliphatic carbocycles. The van der Waals surface area contributed by atoms with E-state index in [1.807, 2.05) is 0 Å². The van der Waals surface area contributed by atoms with Crippen LogP contribution in [0, 0.1) is 5.82 Å². The summed E-state index contributed by atoms with van der Waals surface area (Å²) in [5.74, 6) is -1.20. The van der Waals surface area contributed by atoms with E-state index >= 15 is 0 Å². The van der Waals surface area contributed by atoms with Gasteiger partial charge < -0.3 is 15.4 Å². The summed E-state index contributed by atoms with van der Waals surface area (Å²) < 4.78 is 19.0. The van der Waals surface area contributed by atoms with Gasteiger partial charge in [0.2, 0.25) is 5.91 Å². The number of hydrogen-bond donors (Lipinski definition) is 2. The molecule has 2 aromatic carbocycles. The Morgan fingerprint density at radius 3 is 2.52 bits per heavy atom. The number of halogens is 2. The lowest BCUT2D eigenvalue weighted by Crippen LogP contribution is -2.15. The minimum atomic E-state index is -0.631. The van der Waals surface area contributed by atoms with Gasteiger partial charge in [0.05, 0.1) is 18.4 Å². The molecule has 2 amide bonds. The quantitative estimate of drug-likeness (QED) is 0.894. The zero-order valence-corrected chi connectivity index (χ0v) is 13.2. The summed E-state index contributed by atoms with van der Waals surface area (Å²) >= 11 is 5.88. The topological polar surface area (TPSA) is 67.4 Å². The Kier molecular flexibility index (Phi) is 5.18. The van der Waals surface area contributed by atoms with Crippen LogP contribution < -0.4 is 15.4 Å². The average molecular weight is 337 g/mol. The third kappa shape index (κ3) is 4.20. The third-order valence-corrected chi connectivity index (χ3v) is 3.18. The number of hydrogen-bond acceptors (Lipinski definition) is 3. The van der Waals surface area contributed by atoms with Crippen molar-refractivity contribution >= 4 is 34.8 Å². The van der Waals surface area contributed by atoms with E-state index in [2.05, 4.69) is 10.6 Å². The Bertz CT molecular complexity index is 765. The van der Waals surface area contributed by atoms with Crippen LogP contribution in [0.3, 0.4) is 0 Å². The van der Waals surface area contributed by atoms with Crippen LogP contribution in [0.25, 0.3) is 0 Å².